The van der Waals surface area contributed by atoms with Crippen molar-refractivity contribution in [3.8, 4) is 0 Å². The van der Waals surface area contributed by atoms with Gasteiger partial charge in [-0.25, -0.2) is 19.0 Å². The van der Waals surface area contributed by atoms with E-state index in [1.165, 1.54) is 15.7 Å². The fourth-order valence-corrected chi connectivity index (χ4v) is 4.11. The van der Waals surface area contributed by atoms with Gasteiger partial charge in [-0.05, 0) is 12.7 Å². The molecule has 10 heteroatoms. The predicted molar refractivity (Wildman–Crippen MR) is 83.7 cm³/mol. The Kier molecular flexibility index (Phi) is 4.91. The van der Waals surface area contributed by atoms with Crippen LogP contribution in [-0.2, 0) is 10.0 Å². The summed E-state index contributed by atoms with van der Waals surface area (Å²) in [5.74, 6) is 5.51. The quantitative estimate of drug-likeness (QED) is 0.517. The second-order valence-corrected chi connectivity index (χ2v) is 8.03. The van der Waals surface area contributed by atoms with E-state index in [0.717, 1.165) is 6.42 Å². The highest BCUT2D eigenvalue weighted by Gasteiger charge is 2.25. The highest BCUT2D eigenvalue weighted by atomic mass is 32.2. The van der Waals surface area contributed by atoms with E-state index in [-0.39, 0.29) is 10.8 Å². The van der Waals surface area contributed by atoms with E-state index in [9.17, 15) is 8.42 Å². The molecule has 0 bridgehead atoms. The first-order chi connectivity index (χ1) is 9.49. The molecule has 0 aliphatic heterocycles. The maximum atomic E-state index is 12.4. The Morgan fingerprint density at radius 3 is 3.00 bits per heavy atom. The summed E-state index contributed by atoms with van der Waals surface area (Å²) in [5.41, 5.74) is 2.34. The highest BCUT2D eigenvalue weighted by Crippen LogP contribution is 2.24. The average Bonchev–Trinajstić information content (AvgIpc) is 2.97. The number of nitrogens with zero attached hydrogens (tertiary/aromatic N) is 2. The van der Waals surface area contributed by atoms with E-state index >= 15 is 0 Å². The van der Waals surface area contributed by atoms with Gasteiger partial charge in [0.2, 0.25) is 5.03 Å². The second-order valence-electron chi connectivity index (χ2n) is 4.20. The minimum Gasteiger partial charge on any atom is -0.306 e. The van der Waals surface area contributed by atoms with Crippen LogP contribution in [0.3, 0.4) is 0 Å². The molecule has 0 saturated carbocycles. The Balaban J connectivity index is 2.24. The van der Waals surface area contributed by atoms with E-state index in [1.54, 1.807) is 23.3 Å². The Bertz CT molecular complexity index is 678. The monoisotopic (exact) mass is 335 g/mol. The third-order valence-electron chi connectivity index (χ3n) is 2.85. The van der Waals surface area contributed by atoms with E-state index in [0.29, 0.717) is 16.8 Å². The Hall–Kier alpha value is -0.810. The van der Waals surface area contributed by atoms with Crippen LogP contribution in [0.25, 0.3) is 4.96 Å². The lowest BCUT2D eigenvalue weighted by Crippen LogP contribution is -2.28. The van der Waals surface area contributed by atoms with Crippen LogP contribution in [0.2, 0.25) is 0 Å². The molecule has 2 rings (SSSR count). The van der Waals surface area contributed by atoms with Gasteiger partial charge in [-0.15, -0.1) is 11.3 Å². The van der Waals surface area contributed by atoms with Crippen molar-refractivity contribution in [2.24, 2.45) is 5.84 Å². The molecule has 0 fully saturated rings. The number of nitrogens with two attached hydrogens (primary N) is 1. The van der Waals surface area contributed by atoms with Crippen LogP contribution in [0, 0.1) is 0 Å². The normalized spacial score (nSPS) is 13.8. The zero-order valence-corrected chi connectivity index (χ0v) is 13.6. The van der Waals surface area contributed by atoms with E-state index in [2.05, 4.69) is 22.1 Å². The number of nitrogen functional groups attached to an aromatic ring is 1. The first-order valence-corrected chi connectivity index (χ1v) is 9.59. The standard InChI is InChI=1S/C10H17N5O2S3/c1-7(18-2)3-4-12-20(16,17)9-8(14-11)13-10-15(9)5-6-19-10/h5-7,12,14H,3-4,11H2,1-2H3. The van der Waals surface area contributed by atoms with E-state index < -0.39 is 10.0 Å². The summed E-state index contributed by atoms with van der Waals surface area (Å²) in [6, 6.07) is 0. The summed E-state index contributed by atoms with van der Waals surface area (Å²) in [4.78, 5) is 4.72. The zero-order valence-electron chi connectivity index (χ0n) is 11.2. The van der Waals surface area contributed by atoms with Crippen molar-refractivity contribution in [2.75, 3.05) is 18.2 Å². The van der Waals surface area contributed by atoms with Crippen LogP contribution in [0.1, 0.15) is 13.3 Å². The molecule has 0 saturated heterocycles. The minimum atomic E-state index is -3.65. The third kappa shape index (κ3) is 3.09. The molecule has 1 atom stereocenters. The van der Waals surface area contributed by atoms with Crippen molar-refractivity contribution in [1.29, 1.82) is 0 Å². The maximum Gasteiger partial charge on any atom is 0.260 e. The number of hydrogen-bond acceptors (Lipinski definition) is 7. The van der Waals surface area contributed by atoms with E-state index in [1.807, 2.05) is 6.26 Å². The number of imidazole rings is 1. The van der Waals surface area contributed by atoms with Crippen molar-refractivity contribution < 1.29 is 8.42 Å². The summed E-state index contributed by atoms with van der Waals surface area (Å²) in [5, 5.41) is 2.22. The maximum absolute atomic E-state index is 12.4. The number of hydrogen-bond donors (Lipinski definition) is 3. The summed E-state index contributed by atoms with van der Waals surface area (Å²) in [6.45, 7) is 2.44. The van der Waals surface area contributed by atoms with Crippen LogP contribution in [0.4, 0.5) is 5.82 Å². The van der Waals surface area contributed by atoms with Gasteiger partial charge in [0.1, 0.15) is 0 Å². The molecule has 0 aliphatic rings. The lowest BCUT2D eigenvalue weighted by molar-refractivity contribution is 0.574. The lowest BCUT2D eigenvalue weighted by atomic mass is 10.3. The van der Waals surface area contributed by atoms with Crippen molar-refractivity contribution in [3.05, 3.63) is 11.6 Å². The number of nitrogens with one attached hydrogen (secondary N) is 2. The third-order valence-corrected chi connectivity index (χ3v) is 6.14. The molecule has 1 unspecified atom stereocenters. The molecule has 2 aromatic rings. The molecular weight excluding hydrogens is 318 g/mol. The van der Waals surface area contributed by atoms with Gasteiger partial charge in [-0.2, -0.15) is 16.7 Å². The number of rotatable bonds is 7. The van der Waals surface area contributed by atoms with Crippen LogP contribution >= 0.6 is 23.1 Å². The fourth-order valence-electron chi connectivity index (χ4n) is 1.70. The van der Waals surface area contributed by atoms with Crippen molar-refractivity contribution in [2.45, 2.75) is 23.6 Å². The number of thioether (sulfide) groups is 1. The SMILES string of the molecule is CSC(C)CCNS(=O)(=O)c1c(NN)nc2sccn12. The fraction of sp³-hybridized carbons (Fsp3) is 0.500. The second kappa shape index (κ2) is 6.31. The van der Waals surface area contributed by atoms with Crippen molar-refractivity contribution >= 4 is 43.9 Å². The molecule has 112 valence electrons. The summed E-state index contributed by atoms with van der Waals surface area (Å²) in [6.07, 6.45) is 4.42. The largest absolute Gasteiger partial charge is 0.306 e. The predicted octanol–water partition coefficient (Wildman–Crippen LogP) is 1.10. The zero-order chi connectivity index (χ0) is 14.8. The number of sulfonamides is 1. The number of anilines is 1. The molecule has 20 heavy (non-hydrogen) atoms. The average molecular weight is 335 g/mol. The lowest BCUT2D eigenvalue weighted by Gasteiger charge is -2.10. The van der Waals surface area contributed by atoms with Crippen LogP contribution in [-0.4, -0.2) is 35.9 Å². The number of aromatic nitrogens is 2. The molecule has 0 aromatic carbocycles. The molecule has 0 radical (unpaired) electrons. The van der Waals surface area contributed by atoms with Gasteiger partial charge in [0.05, 0.1) is 0 Å². The highest BCUT2D eigenvalue weighted by molar-refractivity contribution is 7.99. The Labute approximate surface area is 126 Å². The van der Waals surface area contributed by atoms with Gasteiger partial charge in [-0.3, -0.25) is 4.40 Å². The van der Waals surface area contributed by atoms with Gasteiger partial charge < -0.3 is 5.43 Å². The molecule has 2 aromatic heterocycles. The first-order valence-electron chi connectivity index (χ1n) is 5.94. The number of fused-ring (bicyclic) bond motifs is 1. The van der Waals surface area contributed by atoms with Gasteiger partial charge in [-0.1, -0.05) is 6.92 Å². The van der Waals surface area contributed by atoms with Crippen molar-refractivity contribution in [1.82, 2.24) is 14.1 Å². The summed E-state index contributed by atoms with van der Waals surface area (Å²) >= 11 is 3.05. The molecular formula is C10H17N5O2S3. The first kappa shape index (κ1) is 15.6. The molecule has 0 spiro atoms. The van der Waals surface area contributed by atoms with E-state index in [4.69, 9.17) is 5.84 Å². The van der Waals surface area contributed by atoms with Crippen molar-refractivity contribution in [3.63, 3.8) is 0 Å². The van der Waals surface area contributed by atoms with Crippen LogP contribution < -0.4 is 16.0 Å². The molecule has 7 nitrogen and oxygen atoms in total. The Morgan fingerprint density at radius 2 is 2.35 bits per heavy atom. The van der Waals surface area contributed by atoms with Gasteiger partial charge in [0.25, 0.3) is 10.0 Å². The van der Waals surface area contributed by atoms with Gasteiger partial charge in [0, 0.05) is 23.4 Å². The summed E-state index contributed by atoms with van der Waals surface area (Å²) in [7, 11) is -3.65. The smallest absolute Gasteiger partial charge is 0.260 e. The van der Waals surface area contributed by atoms with Crippen LogP contribution in [0.5, 0.6) is 0 Å². The Morgan fingerprint density at radius 1 is 1.60 bits per heavy atom. The molecule has 0 amide bonds. The van der Waals surface area contributed by atoms with Crippen LogP contribution in [0.15, 0.2) is 16.6 Å². The van der Waals surface area contributed by atoms with Gasteiger partial charge in [0.15, 0.2) is 10.8 Å². The van der Waals surface area contributed by atoms with Gasteiger partial charge >= 0.3 is 0 Å². The number of thiazole rings is 1. The minimum absolute atomic E-state index is 0.0491. The molecule has 2 heterocycles. The topological polar surface area (TPSA) is 102 Å². The molecule has 4 N–H and O–H groups in total. The number of hydrazine groups is 1. The summed E-state index contributed by atoms with van der Waals surface area (Å²) < 4.78 is 28.9. The molecule has 0 aliphatic carbocycles.